The molecular weight excluding hydrogens is 255 g/mol. The summed E-state index contributed by atoms with van der Waals surface area (Å²) in [5, 5.41) is 13.7. The minimum atomic E-state index is -0.602. The van der Waals surface area contributed by atoms with Crippen molar-refractivity contribution in [2.75, 3.05) is 0 Å². The second kappa shape index (κ2) is 4.67. The number of rotatable bonds is 3. The molecule has 0 spiro atoms. The second-order valence-corrected chi connectivity index (χ2v) is 6.52. The topological polar surface area (TPSA) is 59.2 Å². The van der Waals surface area contributed by atoms with Crippen molar-refractivity contribution in [3.8, 4) is 0 Å². The van der Waals surface area contributed by atoms with Gasteiger partial charge in [0.15, 0.2) is 0 Å². The van der Waals surface area contributed by atoms with E-state index in [1.165, 1.54) is 16.9 Å². The van der Waals surface area contributed by atoms with Crippen molar-refractivity contribution < 1.29 is 9.63 Å². The van der Waals surface area contributed by atoms with E-state index in [0.29, 0.717) is 11.7 Å². The average Bonchev–Trinajstić information content (AvgIpc) is 2.63. The van der Waals surface area contributed by atoms with E-state index < -0.39 is 6.10 Å². The van der Waals surface area contributed by atoms with Crippen LogP contribution in [0.2, 0.25) is 4.71 Å². The Morgan fingerprint density at radius 2 is 2.07 bits per heavy atom. The van der Waals surface area contributed by atoms with Crippen LogP contribution in [-0.4, -0.2) is 32.1 Å². The van der Waals surface area contributed by atoms with Crippen LogP contribution in [0.3, 0.4) is 0 Å². The van der Waals surface area contributed by atoms with E-state index in [1.807, 2.05) is 27.7 Å². The molecule has 1 rings (SSSR count). The Bertz CT molecular complexity index is 319. The Labute approximate surface area is 99.0 Å². The first-order chi connectivity index (χ1) is 6.86. The van der Waals surface area contributed by atoms with Crippen molar-refractivity contribution in [1.29, 1.82) is 0 Å². The van der Waals surface area contributed by atoms with Crippen LogP contribution < -0.4 is 0 Å². The summed E-state index contributed by atoms with van der Waals surface area (Å²) in [5.74, 6) is 0.989. The van der Waals surface area contributed by atoms with Crippen LogP contribution in [0.4, 0.5) is 0 Å². The van der Waals surface area contributed by atoms with Gasteiger partial charge in [-0.3, -0.25) is 0 Å². The molecule has 0 saturated carbocycles. The Hall–Kier alpha value is -0.342. The predicted molar refractivity (Wildman–Crippen MR) is 60.5 cm³/mol. The summed E-state index contributed by atoms with van der Waals surface area (Å²) in [4.78, 5) is 4.23. The molecule has 1 N–H and O–H groups in total. The molecule has 0 fully saturated rings. The monoisotopic (exact) mass is 274 g/mol. The molecule has 1 heterocycles. The summed E-state index contributed by atoms with van der Waals surface area (Å²) in [5.41, 5.74) is -0.161. The van der Waals surface area contributed by atoms with E-state index in [1.54, 1.807) is 0 Å². The van der Waals surface area contributed by atoms with E-state index in [2.05, 4.69) is 10.1 Å². The van der Waals surface area contributed by atoms with Crippen molar-refractivity contribution in [2.45, 2.75) is 50.3 Å². The van der Waals surface area contributed by atoms with E-state index in [9.17, 15) is 5.11 Å². The number of hydrogen-bond donors (Lipinski definition) is 1. The van der Waals surface area contributed by atoms with E-state index in [4.69, 9.17) is 4.52 Å². The Balaban J connectivity index is 2.85. The molecule has 5 heteroatoms. The zero-order chi connectivity index (χ0) is 11.6. The summed E-state index contributed by atoms with van der Waals surface area (Å²) in [6.07, 6.45) is 0.315. The van der Waals surface area contributed by atoms with Gasteiger partial charge in [0.05, 0.1) is 0 Å². The third-order valence-corrected chi connectivity index (χ3v) is 3.98. The second-order valence-electron chi connectivity index (χ2n) is 4.72. The van der Waals surface area contributed by atoms with Gasteiger partial charge in [-0.1, -0.05) is 0 Å². The van der Waals surface area contributed by atoms with E-state index in [0.717, 1.165) is 6.42 Å². The van der Waals surface area contributed by atoms with Gasteiger partial charge in [-0.2, -0.15) is 0 Å². The third kappa shape index (κ3) is 3.05. The van der Waals surface area contributed by atoms with Crippen LogP contribution in [0.15, 0.2) is 4.52 Å². The Morgan fingerprint density at radius 1 is 1.47 bits per heavy atom. The Kier molecular flexibility index (Phi) is 3.96. The molecule has 1 aromatic heterocycles. The third-order valence-electron chi connectivity index (χ3n) is 2.22. The molecular formula is C10H19AsN2O2. The van der Waals surface area contributed by atoms with Gasteiger partial charge in [0.25, 0.3) is 0 Å². The molecule has 15 heavy (non-hydrogen) atoms. The van der Waals surface area contributed by atoms with Crippen LogP contribution in [0.1, 0.15) is 51.9 Å². The molecule has 0 amide bonds. The van der Waals surface area contributed by atoms with Crippen LogP contribution in [0.5, 0.6) is 0 Å². The zero-order valence-electron chi connectivity index (χ0n) is 9.69. The minimum absolute atomic E-state index is 0.161. The number of aromatic nitrogens is 2. The molecule has 0 bridgehead atoms. The average molecular weight is 274 g/mol. The normalized spacial score (nSPS) is 16.4. The van der Waals surface area contributed by atoms with E-state index in [-0.39, 0.29) is 10.1 Å². The molecule has 4 nitrogen and oxygen atoms in total. The zero-order valence-corrected chi connectivity index (χ0v) is 12.1. The van der Waals surface area contributed by atoms with Gasteiger partial charge in [-0.15, -0.1) is 0 Å². The van der Waals surface area contributed by atoms with Crippen molar-refractivity contribution in [3.63, 3.8) is 0 Å². The molecule has 0 aliphatic rings. The van der Waals surface area contributed by atoms with Crippen molar-refractivity contribution >= 4 is 16.9 Å². The van der Waals surface area contributed by atoms with Crippen molar-refractivity contribution in [3.05, 3.63) is 11.7 Å². The molecule has 1 aromatic rings. The van der Waals surface area contributed by atoms with Gasteiger partial charge in [0.2, 0.25) is 0 Å². The fourth-order valence-corrected chi connectivity index (χ4v) is 1.44. The standard InChI is InChI=1S/C10H19AsN2O2/c1-5-6(11)7(14)8-12-9(15-13-8)10(2,3)4/h6-7,14H,5,11H2,1-4H3. The summed E-state index contributed by atoms with van der Waals surface area (Å²) < 4.78 is 5.34. The van der Waals surface area contributed by atoms with Gasteiger partial charge in [-0.25, -0.2) is 0 Å². The van der Waals surface area contributed by atoms with Gasteiger partial charge < -0.3 is 0 Å². The van der Waals surface area contributed by atoms with Gasteiger partial charge >= 0.3 is 98.7 Å². The molecule has 0 aliphatic carbocycles. The van der Waals surface area contributed by atoms with Crippen molar-refractivity contribution in [1.82, 2.24) is 10.1 Å². The van der Waals surface area contributed by atoms with Crippen LogP contribution in [0, 0.1) is 0 Å². The molecule has 3 atom stereocenters. The molecule has 0 saturated heterocycles. The van der Waals surface area contributed by atoms with Gasteiger partial charge in [-0.05, 0) is 0 Å². The first kappa shape index (κ1) is 12.7. The summed E-state index contributed by atoms with van der Waals surface area (Å²) in [7, 11) is 0. The number of aliphatic hydroxyl groups excluding tert-OH is 1. The van der Waals surface area contributed by atoms with E-state index >= 15 is 0 Å². The summed E-state index contributed by atoms with van der Waals surface area (Å²) in [6.45, 7) is 8.05. The Morgan fingerprint density at radius 3 is 2.47 bits per heavy atom. The number of hydrogen-bond acceptors (Lipinski definition) is 4. The quantitative estimate of drug-likeness (QED) is 0.842. The maximum atomic E-state index is 9.90. The molecule has 3 unspecified atom stereocenters. The predicted octanol–water partition coefficient (Wildman–Crippen LogP) is 1.23. The van der Waals surface area contributed by atoms with Crippen molar-refractivity contribution in [2.24, 2.45) is 0 Å². The maximum absolute atomic E-state index is 9.90. The summed E-state index contributed by atoms with van der Waals surface area (Å²) >= 11 is 1.50. The first-order valence-corrected chi connectivity index (χ1v) is 6.54. The first-order valence-electron chi connectivity index (χ1n) is 5.14. The van der Waals surface area contributed by atoms with Crippen LogP contribution in [0.25, 0.3) is 0 Å². The van der Waals surface area contributed by atoms with Crippen LogP contribution >= 0.6 is 0 Å². The molecule has 0 aliphatic heterocycles. The SMILES string of the molecule is CCC([AsH2])C(O)c1noc(C(C)(C)C)n1. The van der Waals surface area contributed by atoms with Gasteiger partial charge in [0, 0.05) is 0 Å². The molecule has 0 radical (unpaired) electrons. The molecule has 0 aromatic carbocycles. The molecule has 86 valence electrons. The van der Waals surface area contributed by atoms with Crippen LogP contribution in [-0.2, 0) is 5.41 Å². The number of nitrogens with zero attached hydrogens (tertiary/aromatic N) is 2. The summed E-state index contributed by atoms with van der Waals surface area (Å²) in [6, 6.07) is 0. The fourth-order valence-electron chi connectivity index (χ4n) is 1.07. The fraction of sp³-hybridized carbons (Fsp3) is 0.800. The van der Waals surface area contributed by atoms with Gasteiger partial charge in [0.1, 0.15) is 0 Å². The number of aliphatic hydroxyl groups is 1.